The van der Waals surface area contributed by atoms with E-state index in [0.717, 1.165) is 24.2 Å². The van der Waals surface area contributed by atoms with Crippen molar-refractivity contribution in [2.24, 2.45) is 0 Å². The molecular weight excluding hydrogens is 353 g/mol. The number of nitrogens with one attached hydrogen (secondary N) is 3. The summed E-state index contributed by atoms with van der Waals surface area (Å²) in [6.45, 7) is 0.935. The van der Waals surface area contributed by atoms with E-state index in [1.807, 2.05) is 12.1 Å². The van der Waals surface area contributed by atoms with Gasteiger partial charge in [-0.3, -0.25) is 5.10 Å². The first-order valence-electron chi connectivity index (χ1n) is 9.17. The van der Waals surface area contributed by atoms with Crippen LogP contribution in [0.2, 0.25) is 0 Å². The van der Waals surface area contributed by atoms with Crippen LogP contribution >= 0.6 is 0 Å². The van der Waals surface area contributed by atoms with Crippen molar-refractivity contribution >= 4 is 17.6 Å². The predicted octanol–water partition coefficient (Wildman–Crippen LogP) is 3.03. The smallest absolute Gasteiger partial charge is 0.407 e. The molecule has 3 N–H and O–H groups in total. The number of hydrogen-bond donors (Lipinski definition) is 3. The number of pyridine rings is 1. The second kappa shape index (κ2) is 7.81. The SMILES string of the molecule is O=C1NCCCCOc2cc(ccn2)Nc2cc([nH]n2)[C@H]2C[C@@H](F)[C@H](C2)O1. The Morgan fingerprint density at radius 2 is 2.15 bits per heavy atom. The maximum atomic E-state index is 14.3. The van der Waals surface area contributed by atoms with Crippen LogP contribution in [-0.2, 0) is 4.74 Å². The molecule has 1 amide bonds. The van der Waals surface area contributed by atoms with Gasteiger partial charge in [0.15, 0.2) is 5.82 Å². The van der Waals surface area contributed by atoms with E-state index < -0.39 is 18.4 Å². The third-order valence-electron chi connectivity index (χ3n) is 4.82. The van der Waals surface area contributed by atoms with Gasteiger partial charge in [-0.25, -0.2) is 14.2 Å². The zero-order valence-electron chi connectivity index (χ0n) is 14.8. The van der Waals surface area contributed by atoms with Gasteiger partial charge in [-0.1, -0.05) is 0 Å². The van der Waals surface area contributed by atoms with E-state index in [2.05, 4.69) is 25.8 Å². The van der Waals surface area contributed by atoms with Crippen molar-refractivity contribution in [1.29, 1.82) is 0 Å². The van der Waals surface area contributed by atoms with Crippen molar-refractivity contribution in [2.75, 3.05) is 18.5 Å². The number of carbonyl (C=O) groups is 1. The fourth-order valence-corrected chi connectivity index (χ4v) is 3.42. The van der Waals surface area contributed by atoms with Crippen molar-refractivity contribution in [2.45, 2.75) is 43.9 Å². The Balaban J connectivity index is 1.53. The van der Waals surface area contributed by atoms with Gasteiger partial charge in [0.1, 0.15) is 12.3 Å². The molecule has 0 aromatic carbocycles. The summed E-state index contributed by atoms with van der Waals surface area (Å²) in [5.74, 6) is 1.07. The lowest BCUT2D eigenvalue weighted by Crippen LogP contribution is -2.32. The minimum absolute atomic E-state index is 0.0731. The molecule has 9 heteroatoms. The molecule has 0 saturated heterocycles. The monoisotopic (exact) mass is 375 g/mol. The van der Waals surface area contributed by atoms with Crippen molar-refractivity contribution in [1.82, 2.24) is 20.5 Å². The third-order valence-corrected chi connectivity index (χ3v) is 4.82. The summed E-state index contributed by atoms with van der Waals surface area (Å²) in [6, 6.07) is 5.48. The Bertz CT molecular complexity index is 799. The number of hydrogen-bond acceptors (Lipinski definition) is 6. The standard InChI is InChI=1S/C18H22FN5O3/c19-13-7-11-8-15(13)27-18(25)21-4-1-2-6-26-17-9-12(3-5-20-17)22-16-10-14(11)23-24-16/h3,5,9-11,13,15H,1-2,4,6-8H2,(H,21,25)(H2,22,23,24)/t11-,13+,15-/m0/s1. The van der Waals surface area contributed by atoms with Crippen LogP contribution < -0.4 is 15.4 Å². The number of rotatable bonds is 0. The molecule has 1 aliphatic carbocycles. The molecule has 3 heterocycles. The van der Waals surface area contributed by atoms with Gasteiger partial charge in [0.2, 0.25) is 5.88 Å². The highest BCUT2D eigenvalue weighted by Gasteiger charge is 2.38. The van der Waals surface area contributed by atoms with Crippen LogP contribution in [0.25, 0.3) is 0 Å². The molecule has 0 radical (unpaired) electrons. The van der Waals surface area contributed by atoms with E-state index in [1.165, 1.54) is 0 Å². The van der Waals surface area contributed by atoms with E-state index in [9.17, 15) is 9.18 Å². The summed E-state index contributed by atoms with van der Waals surface area (Å²) >= 11 is 0. The first-order chi connectivity index (χ1) is 13.2. The summed E-state index contributed by atoms with van der Waals surface area (Å²) in [4.78, 5) is 16.1. The van der Waals surface area contributed by atoms with Gasteiger partial charge in [-0.2, -0.15) is 5.10 Å². The summed E-state index contributed by atoms with van der Waals surface area (Å²) in [7, 11) is 0. The average Bonchev–Trinajstić information content (AvgIpc) is 3.25. The summed E-state index contributed by atoms with van der Waals surface area (Å²) in [6.07, 6.45) is 1.38. The van der Waals surface area contributed by atoms with Crippen molar-refractivity contribution in [3.05, 3.63) is 30.1 Å². The van der Waals surface area contributed by atoms with Crippen LogP contribution in [0.5, 0.6) is 5.88 Å². The zero-order chi connectivity index (χ0) is 18.6. The average molecular weight is 375 g/mol. The fourth-order valence-electron chi connectivity index (χ4n) is 3.42. The Kier molecular flexibility index (Phi) is 5.08. The number of carbonyl (C=O) groups excluding carboxylic acids is 1. The number of amides is 1. The van der Waals surface area contributed by atoms with Crippen LogP contribution in [0.1, 0.15) is 37.3 Å². The van der Waals surface area contributed by atoms with Gasteiger partial charge in [0, 0.05) is 42.2 Å². The molecule has 1 saturated carbocycles. The molecule has 0 spiro atoms. The van der Waals surface area contributed by atoms with Crippen LogP contribution in [0, 0.1) is 0 Å². The van der Waals surface area contributed by atoms with Gasteiger partial charge in [0.25, 0.3) is 0 Å². The molecule has 2 aliphatic rings. The number of ether oxygens (including phenoxy) is 2. The number of aromatic nitrogens is 3. The molecule has 1 fully saturated rings. The van der Waals surface area contributed by atoms with Crippen molar-refractivity contribution in [3.63, 3.8) is 0 Å². The molecule has 2 aromatic heterocycles. The van der Waals surface area contributed by atoms with E-state index in [4.69, 9.17) is 9.47 Å². The highest BCUT2D eigenvalue weighted by atomic mass is 19.1. The van der Waals surface area contributed by atoms with Gasteiger partial charge in [-0.15, -0.1) is 0 Å². The normalized spacial score (nSPS) is 26.0. The minimum Gasteiger partial charge on any atom is -0.478 e. The Hall–Kier alpha value is -2.84. The Morgan fingerprint density at radius 3 is 3.07 bits per heavy atom. The maximum Gasteiger partial charge on any atom is 0.407 e. The van der Waals surface area contributed by atoms with Gasteiger partial charge >= 0.3 is 6.09 Å². The van der Waals surface area contributed by atoms with E-state index in [-0.39, 0.29) is 5.92 Å². The fraction of sp³-hybridized carbons (Fsp3) is 0.500. The summed E-state index contributed by atoms with van der Waals surface area (Å²) in [5, 5.41) is 13.1. The second-order valence-electron chi connectivity index (χ2n) is 6.83. The quantitative estimate of drug-likeness (QED) is 0.654. The summed E-state index contributed by atoms with van der Waals surface area (Å²) in [5.41, 5.74) is 1.63. The van der Waals surface area contributed by atoms with Crippen LogP contribution in [0.4, 0.5) is 20.7 Å². The first kappa shape index (κ1) is 17.6. The molecule has 8 nitrogen and oxygen atoms in total. The third kappa shape index (κ3) is 4.29. The van der Waals surface area contributed by atoms with Crippen molar-refractivity contribution < 1.29 is 18.7 Å². The largest absolute Gasteiger partial charge is 0.478 e. The molecular formula is C18H22FN5O3. The zero-order valence-corrected chi connectivity index (χ0v) is 14.8. The molecule has 0 unspecified atom stereocenters. The maximum absolute atomic E-state index is 14.3. The van der Waals surface area contributed by atoms with Crippen LogP contribution in [-0.4, -0.2) is 46.7 Å². The minimum atomic E-state index is -1.18. The topological polar surface area (TPSA) is 101 Å². The highest BCUT2D eigenvalue weighted by Crippen LogP contribution is 2.38. The number of alkyl carbamates (subject to hydrolysis) is 1. The number of aromatic amines is 1. The van der Waals surface area contributed by atoms with E-state index in [1.54, 1.807) is 12.3 Å². The molecule has 2 aromatic rings. The van der Waals surface area contributed by atoms with Gasteiger partial charge in [-0.05, 0) is 31.7 Å². The van der Waals surface area contributed by atoms with Crippen molar-refractivity contribution in [3.8, 4) is 5.88 Å². The Labute approximate surface area is 155 Å². The van der Waals surface area contributed by atoms with Gasteiger partial charge in [0.05, 0.1) is 6.61 Å². The number of halogens is 1. The lowest BCUT2D eigenvalue weighted by molar-refractivity contribution is 0.0606. The summed E-state index contributed by atoms with van der Waals surface area (Å²) < 4.78 is 25.2. The molecule has 1 aliphatic heterocycles. The molecule has 3 atom stereocenters. The predicted molar refractivity (Wildman–Crippen MR) is 96.0 cm³/mol. The number of alkyl halides is 1. The number of anilines is 2. The number of H-pyrrole nitrogens is 1. The van der Waals surface area contributed by atoms with E-state index >= 15 is 0 Å². The molecule has 4 rings (SSSR count). The van der Waals surface area contributed by atoms with Gasteiger partial charge < -0.3 is 20.1 Å². The first-order valence-corrected chi connectivity index (χ1v) is 9.17. The highest BCUT2D eigenvalue weighted by molar-refractivity contribution is 5.67. The van der Waals surface area contributed by atoms with E-state index in [0.29, 0.717) is 37.7 Å². The lowest BCUT2D eigenvalue weighted by atomic mass is 10.0. The van der Waals surface area contributed by atoms with Crippen LogP contribution in [0.3, 0.4) is 0 Å². The second-order valence-corrected chi connectivity index (χ2v) is 6.83. The molecule has 6 bridgehead atoms. The molecule has 144 valence electrons. The molecule has 27 heavy (non-hydrogen) atoms. The number of nitrogens with zero attached hydrogens (tertiary/aromatic N) is 2. The number of fused-ring (bicyclic) bond motifs is 7. The Morgan fingerprint density at radius 1 is 1.22 bits per heavy atom. The van der Waals surface area contributed by atoms with Crippen LogP contribution in [0.15, 0.2) is 24.4 Å². The lowest BCUT2D eigenvalue weighted by Gasteiger charge is -2.15.